The van der Waals surface area contributed by atoms with Crippen molar-refractivity contribution in [2.75, 3.05) is 28.4 Å². The Kier molecular flexibility index (Phi) is 14.0. The molecule has 0 bridgehead atoms. The number of ether oxygens (including phenoxy) is 12. The van der Waals surface area contributed by atoms with E-state index in [2.05, 4.69) is 6.92 Å². The van der Waals surface area contributed by atoms with Crippen molar-refractivity contribution in [1.82, 2.24) is 0 Å². The van der Waals surface area contributed by atoms with Crippen molar-refractivity contribution in [1.29, 1.82) is 0 Å². The fourth-order valence-corrected chi connectivity index (χ4v) is 7.04. The Bertz CT molecular complexity index is 940. The van der Waals surface area contributed by atoms with Crippen molar-refractivity contribution in [3.63, 3.8) is 0 Å². The highest BCUT2D eigenvalue weighted by molar-refractivity contribution is 5.66. The molecule has 4 saturated heterocycles. The molecule has 0 aromatic heterocycles. The molecular formula is C32H56O14. The first-order chi connectivity index (χ1) is 21.9. The first-order valence-electron chi connectivity index (χ1n) is 16.5. The summed E-state index contributed by atoms with van der Waals surface area (Å²) in [6.07, 6.45) is -6.32. The van der Waals surface area contributed by atoms with E-state index in [1.54, 1.807) is 28.3 Å². The van der Waals surface area contributed by atoms with Gasteiger partial charge in [-0.2, -0.15) is 0 Å². The van der Waals surface area contributed by atoms with Crippen LogP contribution in [0, 0.1) is 0 Å². The summed E-state index contributed by atoms with van der Waals surface area (Å²) in [5, 5.41) is 10.6. The molecule has 0 amide bonds. The van der Waals surface area contributed by atoms with Crippen LogP contribution >= 0.6 is 0 Å². The number of carbonyl (C=O) groups excluding carboxylic acids is 1. The van der Waals surface area contributed by atoms with Gasteiger partial charge in [0.05, 0.1) is 48.8 Å². The van der Waals surface area contributed by atoms with Gasteiger partial charge in [-0.25, -0.2) is 0 Å². The highest BCUT2D eigenvalue weighted by Crippen LogP contribution is 2.36. The van der Waals surface area contributed by atoms with Gasteiger partial charge in [0.15, 0.2) is 25.0 Å². The number of rotatable bonds is 12. The predicted molar refractivity (Wildman–Crippen MR) is 161 cm³/mol. The first-order valence-corrected chi connectivity index (χ1v) is 16.5. The van der Waals surface area contributed by atoms with Crippen LogP contribution in [0.25, 0.3) is 0 Å². The fourth-order valence-electron chi connectivity index (χ4n) is 7.04. The molecule has 4 aliphatic rings. The largest absolute Gasteiger partial charge is 0.454 e. The van der Waals surface area contributed by atoms with E-state index in [1.807, 2.05) is 20.8 Å². The predicted octanol–water partition coefficient (Wildman–Crippen LogP) is 2.10. The summed E-state index contributed by atoms with van der Waals surface area (Å²) in [6.45, 7) is 10.9. The van der Waals surface area contributed by atoms with Crippen molar-refractivity contribution in [2.45, 2.75) is 172 Å². The van der Waals surface area contributed by atoms with Crippen LogP contribution in [0.4, 0.5) is 0 Å². The monoisotopic (exact) mass is 664 g/mol. The zero-order valence-corrected chi connectivity index (χ0v) is 28.9. The Hall–Kier alpha value is -1.01. The minimum absolute atomic E-state index is 0.0992. The lowest BCUT2D eigenvalue weighted by Gasteiger charge is -2.47. The second-order valence-corrected chi connectivity index (χ2v) is 12.7. The van der Waals surface area contributed by atoms with E-state index in [0.717, 1.165) is 12.8 Å². The fraction of sp³-hybridized carbons (Fsp3) is 0.969. The van der Waals surface area contributed by atoms with Crippen LogP contribution in [0.5, 0.6) is 0 Å². The average molecular weight is 665 g/mol. The van der Waals surface area contributed by atoms with Gasteiger partial charge in [0, 0.05) is 54.6 Å². The Balaban J connectivity index is 1.38. The van der Waals surface area contributed by atoms with Gasteiger partial charge in [-0.3, -0.25) is 4.79 Å². The first kappa shape index (κ1) is 37.8. The van der Waals surface area contributed by atoms with Crippen molar-refractivity contribution >= 4 is 5.97 Å². The maximum atomic E-state index is 11.9. The van der Waals surface area contributed by atoms with E-state index < -0.39 is 73.7 Å². The average Bonchev–Trinajstić information content (AvgIpc) is 3.02. The molecular weight excluding hydrogens is 608 g/mol. The molecule has 4 heterocycles. The van der Waals surface area contributed by atoms with Gasteiger partial charge in [0.1, 0.15) is 30.5 Å². The highest BCUT2D eigenvalue weighted by Gasteiger charge is 2.51. The van der Waals surface area contributed by atoms with Gasteiger partial charge in [-0.05, 0) is 34.1 Å². The van der Waals surface area contributed by atoms with Crippen LogP contribution in [0.1, 0.15) is 67.2 Å². The minimum atomic E-state index is -1.03. The maximum Gasteiger partial charge on any atom is 0.303 e. The second-order valence-electron chi connectivity index (χ2n) is 12.7. The number of hydrogen-bond donors (Lipinski definition) is 1. The molecule has 14 nitrogen and oxygen atoms in total. The third-order valence-electron chi connectivity index (χ3n) is 9.58. The molecule has 17 atom stereocenters. The normalized spacial score (nSPS) is 47.0. The van der Waals surface area contributed by atoms with E-state index >= 15 is 0 Å². The van der Waals surface area contributed by atoms with Gasteiger partial charge < -0.3 is 61.9 Å². The van der Waals surface area contributed by atoms with E-state index in [4.69, 9.17) is 56.8 Å². The topological polar surface area (TPSA) is 148 Å². The molecule has 4 fully saturated rings. The third-order valence-corrected chi connectivity index (χ3v) is 9.58. The lowest BCUT2D eigenvalue weighted by Crippen LogP contribution is -2.62. The SMILES string of the molecule is CC[C@H]1C[C@H](OC)[C@H](O[C@H]2C[C@H](OC)[C@H](O[C@H]3C[C@H](OC)[C@H](O[C@@H]4O[C@H](C)[C@H](O)[C@H](OC)[C@H]4OC(C)=O)[C@@H](C)O3)[C@@H](C)O2)[C@@H](C)O1. The van der Waals surface area contributed by atoms with Crippen LogP contribution in [-0.2, 0) is 61.6 Å². The molecule has 0 unspecified atom stereocenters. The van der Waals surface area contributed by atoms with Crippen LogP contribution in [0.15, 0.2) is 0 Å². The minimum Gasteiger partial charge on any atom is -0.454 e. The van der Waals surface area contributed by atoms with Crippen molar-refractivity contribution in [3.8, 4) is 0 Å². The zero-order valence-electron chi connectivity index (χ0n) is 28.9. The summed E-state index contributed by atoms with van der Waals surface area (Å²) in [4.78, 5) is 11.9. The van der Waals surface area contributed by atoms with E-state index in [0.29, 0.717) is 12.8 Å². The number of carbonyl (C=O) groups is 1. The zero-order chi connectivity index (χ0) is 33.7. The Morgan fingerprint density at radius 3 is 1.57 bits per heavy atom. The number of aliphatic hydroxyl groups excluding tert-OH is 1. The van der Waals surface area contributed by atoms with E-state index in [9.17, 15) is 9.90 Å². The quantitative estimate of drug-likeness (QED) is 0.304. The van der Waals surface area contributed by atoms with Crippen LogP contribution in [0.2, 0.25) is 0 Å². The van der Waals surface area contributed by atoms with E-state index in [1.165, 1.54) is 14.0 Å². The van der Waals surface area contributed by atoms with Crippen LogP contribution < -0.4 is 0 Å². The molecule has 0 aromatic rings. The summed E-state index contributed by atoms with van der Waals surface area (Å²) in [5.41, 5.74) is 0. The molecule has 4 rings (SSSR count). The molecule has 1 N–H and O–H groups in total. The van der Waals surface area contributed by atoms with Crippen molar-refractivity contribution < 1.29 is 66.7 Å². The van der Waals surface area contributed by atoms with Gasteiger partial charge >= 0.3 is 5.97 Å². The highest BCUT2D eigenvalue weighted by atomic mass is 16.8. The molecule has 0 saturated carbocycles. The summed E-state index contributed by atoms with van der Waals surface area (Å²) >= 11 is 0. The summed E-state index contributed by atoms with van der Waals surface area (Å²) in [6, 6.07) is 0. The summed E-state index contributed by atoms with van der Waals surface area (Å²) in [5.74, 6) is -0.551. The van der Waals surface area contributed by atoms with E-state index in [-0.39, 0.29) is 36.6 Å². The second kappa shape index (κ2) is 17.1. The smallest absolute Gasteiger partial charge is 0.303 e. The van der Waals surface area contributed by atoms with Gasteiger partial charge in [-0.15, -0.1) is 0 Å². The number of methoxy groups -OCH3 is 4. The maximum absolute atomic E-state index is 11.9. The van der Waals surface area contributed by atoms with Gasteiger partial charge in [0.2, 0.25) is 0 Å². The van der Waals surface area contributed by atoms with Gasteiger partial charge in [0.25, 0.3) is 0 Å². The van der Waals surface area contributed by atoms with Gasteiger partial charge in [-0.1, -0.05) is 6.92 Å². The molecule has 0 spiro atoms. The number of esters is 1. The Morgan fingerprint density at radius 2 is 1.11 bits per heavy atom. The molecule has 0 aliphatic carbocycles. The molecule has 46 heavy (non-hydrogen) atoms. The Morgan fingerprint density at radius 1 is 0.630 bits per heavy atom. The molecule has 268 valence electrons. The third kappa shape index (κ3) is 8.77. The van der Waals surface area contributed by atoms with Crippen LogP contribution in [0.3, 0.4) is 0 Å². The summed E-state index contributed by atoms with van der Waals surface area (Å²) < 4.78 is 72.5. The lowest BCUT2D eigenvalue weighted by atomic mass is 9.96. The van der Waals surface area contributed by atoms with Crippen molar-refractivity contribution in [3.05, 3.63) is 0 Å². The standard InChI is InChI=1S/C32H56O14/c1-11-20-12-21(35-7)27(16(3)39-20)44-24-13-22(36-8)28(17(4)40-24)45-25-14-23(37-9)29(18(5)41-25)46-32-31(43-19(6)33)30(38-10)26(34)15(2)42-32/h15-18,20-32,34H,11-14H2,1-10H3/t15-,16-,17-,18-,20+,21+,22+,23+,24+,25+,26+,27-,28-,29-,30+,31-,32+/m1/s1. The summed E-state index contributed by atoms with van der Waals surface area (Å²) in [7, 11) is 6.37. The molecule has 0 aromatic carbocycles. The number of hydrogen-bond acceptors (Lipinski definition) is 14. The lowest BCUT2D eigenvalue weighted by molar-refractivity contribution is -0.354. The Labute approximate surface area is 272 Å². The van der Waals surface area contributed by atoms with Crippen molar-refractivity contribution in [2.24, 2.45) is 0 Å². The van der Waals surface area contributed by atoms with Crippen LogP contribution in [-0.4, -0.2) is 144 Å². The molecule has 4 aliphatic heterocycles. The number of aliphatic hydroxyl groups is 1. The molecule has 0 radical (unpaired) electrons. The molecule has 14 heteroatoms.